The van der Waals surface area contributed by atoms with E-state index in [-0.39, 0.29) is 9.52 Å². The standard InChI is InChI=1S/C7H12OSi/c1-2-9-7-5-3-4-6-8-7/h1,7H,3-6,9H2. The van der Waals surface area contributed by atoms with Crippen LogP contribution in [0.4, 0.5) is 0 Å². The monoisotopic (exact) mass is 140 g/mol. The highest BCUT2D eigenvalue weighted by atomic mass is 28.2. The molecule has 0 aromatic heterocycles. The Bertz CT molecular complexity index is 111. The lowest BCUT2D eigenvalue weighted by molar-refractivity contribution is 0.0661. The number of rotatable bonds is 1. The van der Waals surface area contributed by atoms with Crippen LogP contribution >= 0.6 is 0 Å². The van der Waals surface area contributed by atoms with Crippen molar-refractivity contribution in [2.45, 2.75) is 25.0 Å². The molecular formula is C7H12OSi. The Morgan fingerprint density at radius 3 is 3.00 bits per heavy atom. The molecule has 1 fully saturated rings. The van der Waals surface area contributed by atoms with Crippen molar-refractivity contribution in [2.24, 2.45) is 0 Å². The van der Waals surface area contributed by atoms with Gasteiger partial charge >= 0.3 is 0 Å². The first-order chi connectivity index (χ1) is 4.43. The highest BCUT2D eigenvalue weighted by molar-refractivity contribution is 6.47. The zero-order chi connectivity index (χ0) is 6.53. The molecule has 50 valence electrons. The topological polar surface area (TPSA) is 9.23 Å². The number of hydrogen-bond donors (Lipinski definition) is 0. The van der Waals surface area contributed by atoms with Gasteiger partial charge in [0.2, 0.25) is 0 Å². The summed E-state index contributed by atoms with van der Waals surface area (Å²) in [7, 11) is -0.319. The van der Waals surface area contributed by atoms with E-state index in [1.165, 1.54) is 19.3 Å². The number of ether oxygens (including phenoxy) is 1. The Hall–Kier alpha value is -0.263. The Morgan fingerprint density at radius 2 is 2.44 bits per heavy atom. The zero-order valence-electron chi connectivity index (χ0n) is 5.60. The van der Waals surface area contributed by atoms with Gasteiger partial charge in [-0.25, -0.2) is 0 Å². The summed E-state index contributed by atoms with van der Waals surface area (Å²) < 4.78 is 5.44. The predicted molar refractivity (Wildman–Crippen MR) is 41.0 cm³/mol. The average Bonchev–Trinajstić information content (AvgIpc) is 1.91. The highest BCUT2D eigenvalue weighted by Crippen LogP contribution is 2.10. The van der Waals surface area contributed by atoms with Gasteiger partial charge in [-0.05, 0) is 19.3 Å². The molecule has 0 bridgehead atoms. The van der Waals surface area contributed by atoms with Crippen LogP contribution < -0.4 is 0 Å². The molecule has 0 aromatic carbocycles. The van der Waals surface area contributed by atoms with Crippen LogP contribution in [0.1, 0.15) is 19.3 Å². The normalized spacial score (nSPS) is 28.6. The minimum atomic E-state index is -0.319. The van der Waals surface area contributed by atoms with Crippen LogP contribution in [-0.4, -0.2) is 21.9 Å². The fourth-order valence-electron chi connectivity index (χ4n) is 1.10. The molecule has 0 aliphatic carbocycles. The number of terminal acetylenes is 1. The molecule has 0 N–H and O–H groups in total. The van der Waals surface area contributed by atoms with Crippen molar-refractivity contribution in [1.29, 1.82) is 0 Å². The van der Waals surface area contributed by atoms with Crippen LogP contribution in [0.2, 0.25) is 0 Å². The molecular weight excluding hydrogens is 128 g/mol. The maximum atomic E-state index is 5.44. The van der Waals surface area contributed by atoms with Crippen molar-refractivity contribution < 1.29 is 4.74 Å². The lowest BCUT2D eigenvalue weighted by Gasteiger charge is -2.19. The molecule has 1 heterocycles. The molecule has 1 saturated heterocycles. The third-order valence-electron chi connectivity index (χ3n) is 1.62. The molecule has 0 aromatic rings. The molecule has 9 heavy (non-hydrogen) atoms. The predicted octanol–water partition coefficient (Wildman–Crippen LogP) is 0.272. The summed E-state index contributed by atoms with van der Waals surface area (Å²) in [5.41, 5.74) is 3.25. The van der Waals surface area contributed by atoms with Crippen LogP contribution in [0.3, 0.4) is 0 Å². The maximum absolute atomic E-state index is 5.44. The largest absolute Gasteiger partial charge is 0.381 e. The van der Waals surface area contributed by atoms with E-state index in [1.807, 2.05) is 0 Å². The summed E-state index contributed by atoms with van der Waals surface area (Å²) in [6.07, 6.45) is 8.96. The summed E-state index contributed by atoms with van der Waals surface area (Å²) in [6.45, 7) is 0.944. The molecule has 0 radical (unpaired) electrons. The number of hydrogen-bond acceptors (Lipinski definition) is 1. The van der Waals surface area contributed by atoms with Gasteiger partial charge in [-0.15, -0.1) is 12.0 Å². The van der Waals surface area contributed by atoms with Gasteiger partial charge in [-0.2, -0.15) is 0 Å². The Kier molecular flexibility index (Phi) is 2.82. The van der Waals surface area contributed by atoms with Crippen molar-refractivity contribution in [3.8, 4) is 12.0 Å². The van der Waals surface area contributed by atoms with Gasteiger partial charge in [0.15, 0.2) is 0 Å². The van der Waals surface area contributed by atoms with E-state index >= 15 is 0 Å². The van der Waals surface area contributed by atoms with Gasteiger partial charge in [-0.3, -0.25) is 0 Å². The fourth-order valence-corrected chi connectivity index (χ4v) is 2.14. The lowest BCUT2D eigenvalue weighted by atomic mass is 10.2. The van der Waals surface area contributed by atoms with E-state index in [2.05, 4.69) is 5.54 Å². The van der Waals surface area contributed by atoms with Gasteiger partial charge < -0.3 is 4.74 Å². The molecule has 0 spiro atoms. The Labute approximate surface area is 58.6 Å². The summed E-state index contributed by atoms with van der Waals surface area (Å²) in [6, 6.07) is 0. The second-order valence-corrected chi connectivity index (χ2v) is 4.12. The van der Waals surface area contributed by atoms with E-state index < -0.39 is 0 Å². The molecule has 1 atom stereocenters. The van der Waals surface area contributed by atoms with E-state index in [9.17, 15) is 0 Å². The Balaban J connectivity index is 2.17. The summed E-state index contributed by atoms with van der Waals surface area (Å²) in [5.74, 6) is 0. The van der Waals surface area contributed by atoms with Crippen molar-refractivity contribution in [3.63, 3.8) is 0 Å². The Morgan fingerprint density at radius 1 is 1.56 bits per heavy atom. The summed E-state index contributed by atoms with van der Waals surface area (Å²) in [5, 5.41) is 0. The van der Waals surface area contributed by atoms with E-state index in [4.69, 9.17) is 11.2 Å². The van der Waals surface area contributed by atoms with Gasteiger partial charge in [0.1, 0.15) is 9.52 Å². The van der Waals surface area contributed by atoms with E-state index in [0.717, 1.165) is 6.61 Å². The minimum absolute atomic E-state index is 0.319. The van der Waals surface area contributed by atoms with Crippen molar-refractivity contribution in [1.82, 2.24) is 0 Å². The van der Waals surface area contributed by atoms with Gasteiger partial charge in [0.05, 0.1) is 5.73 Å². The molecule has 0 saturated carbocycles. The molecule has 1 nitrogen and oxygen atoms in total. The average molecular weight is 140 g/mol. The van der Waals surface area contributed by atoms with Crippen molar-refractivity contribution in [2.75, 3.05) is 6.61 Å². The molecule has 1 aliphatic rings. The van der Waals surface area contributed by atoms with Gasteiger partial charge in [0, 0.05) is 6.61 Å². The van der Waals surface area contributed by atoms with Crippen LogP contribution in [0.25, 0.3) is 0 Å². The first-order valence-electron chi connectivity index (χ1n) is 3.48. The third kappa shape index (κ3) is 2.21. The van der Waals surface area contributed by atoms with Gasteiger partial charge in [-0.1, -0.05) is 0 Å². The van der Waals surface area contributed by atoms with Gasteiger partial charge in [0.25, 0.3) is 0 Å². The van der Waals surface area contributed by atoms with Crippen LogP contribution in [0.15, 0.2) is 0 Å². The van der Waals surface area contributed by atoms with Crippen molar-refractivity contribution in [3.05, 3.63) is 0 Å². The smallest absolute Gasteiger partial charge is 0.138 e. The second kappa shape index (κ2) is 3.70. The first-order valence-corrected chi connectivity index (χ1v) is 5.01. The van der Waals surface area contributed by atoms with E-state index in [1.54, 1.807) is 0 Å². The minimum Gasteiger partial charge on any atom is -0.381 e. The van der Waals surface area contributed by atoms with Crippen LogP contribution in [-0.2, 0) is 4.74 Å². The molecule has 0 amide bonds. The molecule has 2 heteroatoms. The van der Waals surface area contributed by atoms with E-state index in [0.29, 0.717) is 5.73 Å². The second-order valence-electron chi connectivity index (χ2n) is 2.40. The summed E-state index contributed by atoms with van der Waals surface area (Å²) >= 11 is 0. The third-order valence-corrected chi connectivity index (χ3v) is 2.95. The summed E-state index contributed by atoms with van der Waals surface area (Å²) in [4.78, 5) is 0. The lowest BCUT2D eigenvalue weighted by Crippen LogP contribution is -2.24. The SMILES string of the molecule is C#C[SiH2]C1CCCCO1. The zero-order valence-corrected chi connectivity index (χ0v) is 7.01. The van der Waals surface area contributed by atoms with Crippen LogP contribution in [0.5, 0.6) is 0 Å². The fraction of sp³-hybridized carbons (Fsp3) is 0.714. The van der Waals surface area contributed by atoms with Crippen molar-refractivity contribution >= 4 is 9.52 Å². The molecule has 1 aliphatic heterocycles. The molecule has 1 unspecified atom stereocenters. The quantitative estimate of drug-likeness (QED) is 0.375. The van der Waals surface area contributed by atoms with Crippen LogP contribution in [0, 0.1) is 12.0 Å². The maximum Gasteiger partial charge on any atom is 0.138 e. The first kappa shape index (κ1) is 6.85. The molecule has 1 rings (SSSR count). The highest BCUT2D eigenvalue weighted by Gasteiger charge is 2.11.